The van der Waals surface area contributed by atoms with Crippen LogP contribution in [0.1, 0.15) is 28.5 Å². The predicted molar refractivity (Wildman–Crippen MR) is 143 cm³/mol. The first-order chi connectivity index (χ1) is 19.0. The molecule has 1 fully saturated rings. The maximum Gasteiger partial charge on any atom is 0.296 e. The Bertz CT molecular complexity index is 1510. The van der Waals surface area contributed by atoms with Gasteiger partial charge in [0.1, 0.15) is 35.4 Å². The van der Waals surface area contributed by atoms with Crippen molar-refractivity contribution in [2.45, 2.75) is 19.2 Å². The Morgan fingerprint density at radius 3 is 2.44 bits per heavy atom. The van der Waals surface area contributed by atoms with Crippen LogP contribution in [0.25, 0.3) is 5.76 Å². The largest absolute Gasteiger partial charge is 0.507 e. The van der Waals surface area contributed by atoms with Gasteiger partial charge in [-0.1, -0.05) is 42.5 Å². The third-order valence-electron chi connectivity index (χ3n) is 6.53. The summed E-state index contributed by atoms with van der Waals surface area (Å²) < 4.78 is 22.2. The molecule has 0 aliphatic carbocycles. The van der Waals surface area contributed by atoms with E-state index in [1.54, 1.807) is 54.6 Å². The smallest absolute Gasteiger partial charge is 0.296 e. The molecule has 0 spiro atoms. The molecular weight excluding hydrogens is 498 g/mol. The van der Waals surface area contributed by atoms with Gasteiger partial charge in [-0.3, -0.25) is 9.59 Å². The molecular formula is C31H27NO7. The summed E-state index contributed by atoms with van der Waals surface area (Å²) in [4.78, 5) is 28.2. The standard InChI is InChI=1S/C31H27NO7/c1-36-22-13-14-26(37-2)25(17-22)29(33)27-28(32(31(35)30(27)34)18-24-12-7-15-38-24)21-10-6-11-23(16-21)39-19-20-8-4-3-5-9-20/h3-17,28,33H,18-19H2,1-2H3/b29-27+. The molecule has 8 nitrogen and oxygen atoms in total. The van der Waals surface area contributed by atoms with Crippen molar-refractivity contribution < 1.29 is 33.3 Å². The Balaban J connectivity index is 1.60. The highest BCUT2D eigenvalue weighted by Crippen LogP contribution is 2.43. The number of benzene rings is 3. The topological polar surface area (TPSA) is 98.4 Å². The number of nitrogens with zero attached hydrogens (tertiary/aromatic N) is 1. The van der Waals surface area contributed by atoms with Crippen LogP contribution in [0.15, 0.2) is 101 Å². The first kappa shape index (κ1) is 25.7. The summed E-state index contributed by atoms with van der Waals surface area (Å²) in [7, 11) is 2.95. The Morgan fingerprint density at radius 1 is 0.897 bits per heavy atom. The zero-order valence-corrected chi connectivity index (χ0v) is 21.5. The number of methoxy groups -OCH3 is 2. The van der Waals surface area contributed by atoms with E-state index >= 15 is 0 Å². The summed E-state index contributed by atoms with van der Waals surface area (Å²) in [5.74, 6) is -0.109. The molecule has 4 aromatic rings. The number of rotatable bonds is 9. The second kappa shape index (κ2) is 11.2. The SMILES string of the molecule is COc1ccc(OC)c(/C(O)=C2\C(=O)C(=O)N(Cc3ccco3)C2c2cccc(OCc3ccccc3)c2)c1. The van der Waals surface area contributed by atoms with E-state index < -0.39 is 17.7 Å². The number of Topliss-reactive ketones (excluding diaryl/α,β-unsaturated/α-hetero) is 1. The second-order valence-corrected chi connectivity index (χ2v) is 8.92. The predicted octanol–water partition coefficient (Wildman–Crippen LogP) is 5.50. The molecule has 1 N–H and O–H groups in total. The second-order valence-electron chi connectivity index (χ2n) is 8.92. The van der Waals surface area contributed by atoms with Gasteiger partial charge in [0.05, 0.1) is 44.2 Å². The van der Waals surface area contributed by atoms with Crippen LogP contribution in [0.3, 0.4) is 0 Å². The Kier molecular flexibility index (Phi) is 7.36. The molecule has 3 aromatic carbocycles. The number of carbonyl (C=O) groups is 2. The fraction of sp³-hybridized carbons (Fsp3) is 0.161. The van der Waals surface area contributed by atoms with Crippen LogP contribution < -0.4 is 14.2 Å². The summed E-state index contributed by atoms with van der Waals surface area (Å²) in [5, 5.41) is 11.5. The fourth-order valence-electron chi connectivity index (χ4n) is 4.62. The van der Waals surface area contributed by atoms with Crippen molar-refractivity contribution in [2.24, 2.45) is 0 Å². The Labute approximate surface area is 225 Å². The van der Waals surface area contributed by atoms with Gasteiger partial charge >= 0.3 is 0 Å². The molecule has 1 aliphatic heterocycles. The Hall–Kier alpha value is -4.98. The minimum Gasteiger partial charge on any atom is -0.507 e. The molecule has 1 saturated heterocycles. The molecule has 39 heavy (non-hydrogen) atoms. The number of ketones is 1. The lowest BCUT2D eigenvalue weighted by Crippen LogP contribution is -2.29. The van der Waals surface area contributed by atoms with Gasteiger partial charge < -0.3 is 28.6 Å². The number of amides is 1. The van der Waals surface area contributed by atoms with Gasteiger partial charge in [-0.25, -0.2) is 0 Å². The van der Waals surface area contributed by atoms with Gasteiger partial charge in [-0.2, -0.15) is 0 Å². The van der Waals surface area contributed by atoms with Crippen molar-refractivity contribution in [1.82, 2.24) is 4.90 Å². The summed E-state index contributed by atoms with van der Waals surface area (Å²) in [6.07, 6.45) is 1.50. The van der Waals surface area contributed by atoms with Crippen LogP contribution in [0.2, 0.25) is 0 Å². The van der Waals surface area contributed by atoms with E-state index in [2.05, 4.69) is 0 Å². The van der Waals surface area contributed by atoms with Crippen molar-refractivity contribution in [3.63, 3.8) is 0 Å². The molecule has 1 amide bonds. The maximum absolute atomic E-state index is 13.4. The highest BCUT2D eigenvalue weighted by molar-refractivity contribution is 6.46. The number of likely N-dealkylation sites (tertiary alicyclic amines) is 1. The Morgan fingerprint density at radius 2 is 1.72 bits per heavy atom. The van der Waals surface area contributed by atoms with E-state index in [0.717, 1.165) is 5.56 Å². The molecule has 0 radical (unpaired) electrons. The third kappa shape index (κ3) is 5.22. The molecule has 1 aromatic heterocycles. The highest BCUT2D eigenvalue weighted by Gasteiger charge is 2.46. The quantitative estimate of drug-likeness (QED) is 0.175. The zero-order valence-electron chi connectivity index (χ0n) is 21.5. The van der Waals surface area contributed by atoms with E-state index in [-0.39, 0.29) is 23.4 Å². The van der Waals surface area contributed by atoms with E-state index in [1.807, 2.05) is 30.3 Å². The fourth-order valence-corrected chi connectivity index (χ4v) is 4.62. The molecule has 198 valence electrons. The lowest BCUT2D eigenvalue weighted by Gasteiger charge is -2.25. The number of hydrogen-bond donors (Lipinski definition) is 1. The van der Waals surface area contributed by atoms with Gasteiger partial charge in [-0.05, 0) is 53.6 Å². The number of aliphatic hydroxyl groups is 1. The number of carbonyl (C=O) groups excluding carboxylic acids is 2. The maximum atomic E-state index is 13.4. The van der Waals surface area contributed by atoms with Crippen LogP contribution >= 0.6 is 0 Å². The van der Waals surface area contributed by atoms with Crippen LogP contribution in [0.4, 0.5) is 0 Å². The first-order valence-electron chi connectivity index (χ1n) is 12.3. The van der Waals surface area contributed by atoms with Crippen molar-refractivity contribution in [2.75, 3.05) is 14.2 Å². The molecule has 1 aliphatic rings. The molecule has 0 saturated carbocycles. The molecule has 1 unspecified atom stereocenters. The van der Waals surface area contributed by atoms with E-state index in [4.69, 9.17) is 18.6 Å². The average molecular weight is 526 g/mol. The van der Waals surface area contributed by atoms with Crippen LogP contribution in [-0.2, 0) is 22.7 Å². The molecule has 8 heteroatoms. The first-order valence-corrected chi connectivity index (χ1v) is 12.3. The number of furan rings is 1. The van der Waals surface area contributed by atoms with E-state index in [0.29, 0.717) is 35.2 Å². The summed E-state index contributed by atoms with van der Waals surface area (Å²) in [6.45, 7) is 0.376. The minimum atomic E-state index is -0.911. The van der Waals surface area contributed by atoms with E-state index in [9.17, 15) is 14.7 Å². The molecule has 0 bridgehead atoms. The van der Waals surface area contributed by atoms with Crippen molar-refractivity contribution in [3.8, 4) is 17.2 Å². The number of aliphatic hydroxyl groups excluding tert-OH is 1. The van der Waals surface area contributed by atoms with Gasteiger partial charge in [0.25, 0.3) is 11.7 Å². The summed E-state index contributed by atoms with van der Waals surface area (Å²) in [6, 6.07) is 24.3. The third-order valence-corrected chi connectivity index (χ3v) is 6.53. The van der Waals surface area contributed by atoms with Gasteiger partial charge in [0.15, 0.2) is 0 Å². The molecule has 2 heterocycles. The van der Waals surface area contributed by atoms with Gasteiger partial charge in [0, 0.05) is 0 Å². The number of hydrogen-bond acceptors (Lipinski definition) is 7. The van der Waals surface area contributed by atoms with Crippen LogP contribution in [-0.4, -0.2) is 35.9 Å². The summed E-state index contributed by atoms with van der Waals surface area (Å²) >= 11 is 0. The van der Waals surface area contributed by atoms with Crippen molar-refractivity contribution in [3.05, 3.63) is 119 Å². The highest BCUT2D eigenvalue weighted by atomic mass is 16.5. The van der Waals surface area contributed by atoms with Crippen LogP contribution in [0.5, 0.6) is 17.2 Å². The lowest BCUT2D eigenvalue weighted by molar-refractivity contribution is -0.140. The molecule has 5 rings (SSSR count). The van der Waals surface area contributed by atoms with Crippen molar-refractivity contribution in [1.29, 1.82) is 0 Å². The number of ether oxygens (including phenoxy) is 3. The average Bonchev–Trinajstić information content (AvgIpc) is 3.58. The van der Waals surface area contributed by atoms with Gasteiger partial charge in [0.2, 0.25) is 0 Å². The van der Waals surface area contributed by atoms with Crippen LogP contribution in [0, 0.1) is 0 Å². The monoisotopic (exact) mass is 525 g/mol. The summed E-state index contributed by atoms with van der Waals surface area (Å²) in [5.41, 5.74) is 1.75. The van der Waals surface area contributed by atoms with E-state index in [1.165, 1.54) is 25.4 Å². The lowest BCUT2D eigenvalue weighted by atomic mass is 9.94. The van der Waals surface area contributed by atoms with Gasteiger partial charge in [-0.15, -0.1) is 0 Å². The van der Waals surface area contributed by atoms with Crippen molar-refractivity contribution >= 4 is 17.4 Å². The minimum absolute atomic E-state index is 0.0311. The molecule has 1 atom stereocenters. The zero-order chi connectivity index (χ0) is 27.4. The normalized spacial score (nSPS) is 16.4.